The minimum absolute atomic E-state index is 0.111. The number of carbonyl (C=O) groups excluding carboxylic acids is 2. The number of nitrogens with zero attached hydrogens (tertiary/aromatic N) is 4. The molecule has 3 aliphatic heterocycles. The molecule has 3 aliphatic rings. The van der Waals surface area contributed by atoms with Gasteiger partial charge >= 0.3 is 0 Å². The average molecular weight is 427 g/mol. The van der Waals surface area contributed by atoms with Gasteiger partial charge in [0.2, 0.25) is 11.8 Å². The normalized spacial score (nSPS) is 21.8. The maximum atomic E-state index is 12.9. The summed E-state index contributed by atoms with van der Waals surface area (Å²) in [4.78, 5) is 34.5. The van der Waals surface area contributed by atoms with Crippen LogP contribution in [-0.2, 0) is 9.59 Å². The van der Waals surface area contributed by atoms with Crippen LogP contribution in [0.4, 0.5) is 5.69 Å². The summed E-state index contributed by atoms with van der Waals surface area (Å²) in [7, 11) is 0. The first-order chi connectivity index (χ1) is 15.1. The van der Waals surface area contributed by atoms with Gasteiger partial charge in [-0.2, -0.15) is 0 Å². The van der Waals surface area contributed by atoms with Crippen LogP contribution in [0, 0.1) is 12.8 Å². The highest BCUT2D eigenvalue weighted by Crippen LogP contribution is 2.23. The molecule has 0 aromatic heterocycles. The second-order valence-electron chi connectivity index (χ2n) is 9.44. The van der Waals surface area contributed by atoms with Crippen molar-refractivity contribution < 1.29 is 9.59 Å². The molecular formula is C25H38N4O2. The SMILES string of the molecule is Cc1ccccc1N1CCN(CC(=O)N2CCC(C(=O)N3CCCCCC3)CC2)CC1. The summed E-state index contributed by atoms with van der Waals surface area (Å²) >= 11 is 0. The van der Waals surface area contributed by atoms with Gasteiger partial charge in [-0.05, 0) is 44.2 Å². The van der Waals surface area contributed by atoms with E-state index in [1.165, 1.54) is 24.1 Å². The van der Waals surface area contributed by atoms with E-state index in [0.29, 0.717) is 12.5 Å². The van der Waals surface area contributed by atoms with Crippen LogP contribution in [0.2, 0.25) is 0 Å². The number of piperazine rings is 1. The number of amides is 2. The lowest BCUT2D eigenvalue weighted by molar-refractivity contribution is -0.141. The molecular weight excluding hydrogens is 388 g/mol. The molecule has 3 heterocycles. The van der Waals surface area contributed by atoms with Crippen molar-refractivity contribution in [2.24, 2.45) is 5.92 Å². The van der Waals surface area contributed by atoms with E-state index in [-0.39, 0.29) is 11.8 Å². The van der Waals surface area contributed by atoms with Crippen LogP contribution in [-0.4, -0.2) is 85.4 Å². The number of carbonyl (C=O) groups is 2. The monoisotopic (exact) mass is 426 g/mol. The number of hydrogen-bond donors (Lipinski definition) is 0. The van der Waals surface area contributed by atoms with Crippen molar-refractivity contribution in [1.29, 1.82) is 0 Å². The molecule has 6 heteroatoms. The fraction of sp³-hybridized carbons (Fsp3) is 0.680. The van der Waals surface area contributed by atoms with Crippen molar-refractivity contribution in [3.8, 4) is 0 Å². The fourth-order valence-corrected chi connectivity index (χ4v) is 5.28. The molecule has 2 amide bonds. The van der Waals surface area contributed by atoms with E-state index in [4.69, 9.17) is 0 Å². The molecule has 0 saturated carbocycles. The van der Waals surface area contributed by atoms with Gasteiger partial charge in [0.15, 0.2) is 0 Å². The highest BCUT2D eigenvalue weighted by Gasteiger charge is 2.31. The lowest BCUT2D eigenvalue weighted by atomic mass is 9.95. The van der Waals surface area contributed by atoms with Crippen molar-refractivity contribution in [1.82, 2.24) is 14.7 Å². The van der Waals surface area contributed by atoms with Crippen molar-refractivity contribution in [2.45, 2.75) is 45.4 Å². The Kier molecular flexibility index (Phi) is 7.49. The first-order valence-corrected chi connectivity index (χ1v) is 12.2. The van der Waals surface area contributed by atoms with Gasteiger partial charge in [0.1, 0.15) is 0 Å². The summed E-state index contributed by atoms with van der Waals surface area (Å²) in [6.07, 6.45) is 6.41. The third kappa shape index (κ3) is 5.59. The second kappa shape index (κ2) is 10.5. The molecule has 0 N–H and O–H groups in total. The molecule has 0 radical (unpaired) electrons. The fourth-order valence-electron chi connectivity index (χ4n) is 5.28. The smallest absolute Gasteiger partial charge is 0.236 e. The topological polar surface area (TPSA) is 47.1 Å². The number of benzene rings is 1. The van der Waals surface area contributed by atoms with Crippen LogP contribution >= 0.6 is 0 Å². The molecule has 3 fully saturated rings. The number of aryl methyl sites for hydroxylation is 1. The summed E-state index contributed by atoms with van der Waals surface area (Å²) in [6.45, 7) is 9.74. The Morgan fingerprint density at radius 1 is 0.806 bits per heavy atom. The molecule has 1 aromatic rings. The Morgan fingerprint density at radius 2 is 1.45 bits per heavy atom. The third-order valence-corrected chi connectivity index (χ3v) is 7.30. The minimum Gasteiger partial charge on any atom is -0.369 e. The minimum atomic E-state index is 0.111. The zero-order valence-corrected chi connectivity index (χ0v) is 19.1. The van der Waals surface area contributed by atoms with Crippen molar-refractivity contribution in [2.75, 3.05) is 63.8 Å². The Balaban J connectivity index is 1.20. The van der Waals surface area contributed by atoms with Crippen molar-refractivity contribution >= 4 is 17.5 Å². The zero-order chi connectivity index (χ0) is 21.6. The molecule has 6 nitrogen and oxygen atoms in total. The van der Waals surface area contributed by atoms with Crippen molar-refractivity contribution in [3.05, 3.63) is 29.8 Å². The standard InChI is InChI=1S/C25H38N4O2/c1-21-8-4-5-9-23(21)27-18-16-26(17-19-27)20-24(30)28-14-10-22(11-15-28)25(31)29-12-6-2-3-7-13-29/h4-5,8-9,22H,2-3,6-7,10-20H2,1H3. The van der Waals surface area contributed by atoms with E-state index in [9.17, 15) is 9.59 Å². The van der Waals surface area contributed by atoms with Crippen molar-refractivity contribution in [3.63, 3.8) is 0 Å². The summed E-state index contributed by atoms with van der Waals surface area (Å²) in [5.41, 5.74) is 2.62. The highest BCUT2D eigenvalue weighted by molar-refractivity contribution is 5.81. The maximum Gasteiger partial charge on any atom is 0.236 e. The Hall–Kier alpha value is -2.08. The summed E-state index contributed by atoms with van der Waals surface area (Å²) < 4.78 is 0. The van der Waals surface area contributed by atoms with E-state index in [1.54, 1.807) is 0 Å². The van der Waals surface area contributed by atoms with Gasteiger partial charge in [0.05, 0.1) is 6.54 Å². The molecule has 4 rings (SSSR count). The Bertz CT molecular complexity index is 744. The lowest BCUT2D eigenvalue weighted by Crippen LogP contribution is -2.51. The zero-order valence-electron chi connectivity index (χ0n) is 19.1. The lowest BCUT2D eigenvalue weighted by Gasteiger charge is -2.38. The molecule has 0 spiro atoms. The number of para-hydroxylation sites is 1. The summed E-state index contributed by atoms with van der Waals surface area (Å²) in [6, 6.07) is 8.53. The van der Waals surface area contributed by atoms with Gasteiger partial charge in [0, 0.05) is 64.0 Å². The van der Waals surface area contributed by atoms with E-state index in [1.807, 2.05) is 4.90 Å². The molecule has 0 unspecified atom stereocenters. The van der Waals surface area contributed by atoms with Crippen LogP contribution in [0.5, 0.6) is 0 Å². The predicted molar refractivity (Wildman–Crippen MR) is 124 cm³/mol. The van der Waals surface area contributed by atoms with Gasteiger partial charge < -0.3 is 14.7 Å². The van der Waals surface area contributed by atoms with Gasteiger partial charge in [0.25, 0.3) is 0 Å². The third-order valence-electron chi connectivity index (χ3n) is 7.30. The molecule has 31 heavy (non-hydrogen) atoms. The number of piperidine rings is 1. The molecule has 0 atom stereocenters. The summed E-state index contributed by atoms with van der Waals surface area (Å²) in [5, 5.41) is 0. The van der Waals surface area contributed by atoms with Crippen LogP contribution in [0.25, 0.3) is 0 Å². The second-order valence-corrected chi connectivity index (χ2v) is 9.44. The number of anilines is 1. The van der Waals surface area contributed by atoms with Crippen LogP contribution in [0.3, 0.4) is 0 Å². The van der Waals surface area contributed by atoms with Crippen LogP contribution in [0.1, 0.15) is 44.1 Å². The van der Waals surface area contributed by atoms with E-state index < -0.39 is 0 Å². The molecule has 3 saturated heterocycles. The van der Waals surface area contributed by atoms with E-state index >= 15 is 0 Å². The molecule has 0 aliphatic carbocycles. The Morgan fingerprint density at radius 3 is 2.10 bits per heavy atom. The van der Waals surface area contributed by atoms with Gasteiger partial charge in [-0.3, -0.25) is 14.5 Å². The van der Waals surface area contributed by atoms with E-state index in [2.05, 4.69) is 45.9 Å². The molecule has 170 valence electrons. The first kappa shape index (κ1) is 22.1. The van der Waals surface area contributed by atoms with Crippen LogP contribution < -0.4 is 4.90 Å². The molecule has 1 aromatic carbocycles. The highest BCUT2D eigenvalue weighted by atomic mass is 16.2. The quantitative estimate of drug-likeness (QED) is 0.743. The number of hydrogen-bond acceptors (Lipinski definition) is 4. The van der Waals surface area contributed by atoms with E-state index in [0.717, 1.165) is 78.0 Å². The van der Waals surface area contributed by atoms with Gasteiger partial charge in [-0.25, -0.2) is 0 Å². The Labute approximate surface area is 187 Å². The van der Waals surface area contributed by atoms with Crippen LogP contribution in [0.15, 0.2) is 24.3 Å². The van der Waals surface area contributed by atoms with Gasteiger partial charge in [-0.1, -0.05) is 31.0 Å². The predicted octanol–water partition coefficient (Wildman–Crippen LogP) is 2.76. The maximum absolute atomic E-state index is 12.9. The number of rotatable bonds is 4. The van der Waals surface area contributed by atoms with Gasteiger partial charge in [-0.15, -0.1) is 0 Å². The average Bonchev–Trinajstić information content (AvgIpc) is 3.09. The summed E-state index contributed by atoms with van der Waals surface area (Å²) in [5.74, 6) is 0.672. The molecule has 0 bridgehead atoms. The largest absolute Gasteiger partial charge is 0.369 e. The number of likely N-dealkylation sites (tertiary alicyclic amines) is 2. The first-order valence-electron chi connectivity index (χ1n) is 12.2.